The number of carbonyl (C=O) groups excluding carboxylic acids is 1. The van der Waals surface area contributed by atoms with E-state index in [4.69, 9.17) is 9.84 Å². The van der Waals surface area contributed by atoms with Gasteiger partial charge in [0.1, 0.15) is 11.6 Å². The van der Waals surface area contributed by atoms with Crippen molar-refractivity contribution in [3.63, 3.8) is 0 Å². The van der Waals surface area contributed by atoms with E-state index in [1.54, 1.807) is 18.0 Å². The quantitative estimate of drug-likeness (QED) is 0.893. The average Bonchev–Trinajstić information content (AvgIpc) is 2.67. The molecule has 19 heavy (non-hydrogen) atoms. The van der Waals surface area contributed by atoms with Crippen LogP contribution in [0.15, 0.2) is 18.2 Å². The SMILES string of the molecule is COc1ccc(F)cc1C1CN(C)C(=O)N1CCO. The highest BCUT2D eigenvalue weighted by Gasteiger charge is 2.37. The van der Waals surface area contributed by atoms with Gasteiger partial charge in [-0.05, 0) is 18.2 Å². The van der Waals surface area contributed by atoms with Gasteiger partial charge in [-0.25, -0.2) is 9.18 Å². The summed E-state index contributed by atoms with van der Waals surface area (Å²) in [6.45, 7) is 0.528. The second-order valence-electron chi connectivity index (χ2n) is 4.48. The fourth-order valence-corrected chi connectivity index (χ4v) is 2.38. The number of methoxy groups -OCH3 is 1. The molecule has 0 saturated carbocycles. The number of urea groups is 1. The molecule has 0 aromatic heterocycles. The molecule has 1 saturated heterocycles. The molecule has 104 valence electrons. The van der Waals surface area contributed by atoms with Crippen LogP contribution in [0.3, 0.4) is 0 Å². The predicted molar refractivity (Wildman–Crippen MR) is 67.5 cm³/mol. The van der Waals surface area contributed by atoms with E-state index >= 15 is 0 Å². The van der Waals surface area contributed by atoms with Crippen LogP contribution in [0.2, 0.25) is 0 Å². The van der Waals surface area contributed by atoms with Gasteiger partial charge in [-0.2, -0.15) is 0 Å². The highest BCUT2D eigenvalue weighted by Crippen LogP contribution is 2.34. The molecule has 1 atom stereocenters. The monoisotopic (exact) mass is 268 g/mol. The van der Waals surface area contributed by atoms with E-state index in [0.29, 0.717) is 17.9 Å². The predicted octanol–water partition coefficient (Wildman–Crippen LogP) is 1.24. The highest BCUT2D eigenvalue weighted by molar-refractivity contribution is 5.77. The minimum absolute atomic E-state index is 0.131. The van der Waals surface area contributed by atoms with Gasteiger partial charge in [-0.3, -0.25) is 0 Å². The Kier molecular flexibility index (Phi) is 3.90. The Morgan fingerprint density at radius 1 is 1.53 bits per heavy atom. The van der Waals surface area contributed by atoms with Gasteiger partial charge in [-0.15, -0.1) is 0 Å². The molecule has 1 aromatic carbocycles. The molecule has 1 N–H and O–H groups in total. The number of ether oxygens (including phenoxy) is 1. The Balaban J connectivity index is 2.39. The fourth-order valence-electron chi connectivity index (χ4n) is 2.38. The number of aliphatic hydroxyl groups is 1. The maximum Gasteiger partial charge on any atom is 0.320 e. The molecule has 0 bridgehead atoms. The second-order valence-corrected chi connectivity index (χ2v) is 4.48. The Morgan fingerprint density at radius 2 is 2.26 bits per heavy atom. The Hall–Kier alpha value is -1.82. The van der Waals surface area contributed by atoms with E-state index in [0.717, 1.165) is 0 Å². The number of hydrogen-bond acceptors (Lipinski definition) is 3. The molecule has 1 unspecified atom stereocenters. The van der Waals surface area contributed by atoms with Crippen LogP contribution in [-0.2, 0) is 0 Å². The van der Waals surface area contributed by atoms with Gasteiger partial charge in [0, 0.05) is 25.7 Å². The summed E-state index contributed by atoms with van der Waals surface area (Å²) < 4.78 is 18.6. The van der Waals surface area contributed by atoms with Crippen molar-refractivity contribution in [2.45, 2.75) is 6.04 Å². The van der Waals surface area contributed by atoms with Crippen molar-refractivity contribution in [2.24, 2.45) is 0 Å². The molecule has 2 amide bonds. The van der Waals surface area contributed by atoms with Gasteiger partial charge < -0.3 is 19.6 Å². The maximum absolute atomic E-state index is 13.4. The lowest BCUT2D eigenvalue weighted by atomic mass is 10.0. The first-order chi connectivity index (χ1) is 9.08. The zero-order valence-corrected chi connectivity index (χ0v) is 11.0. The summed E-state index contributed by atoms with van der Waals surface area (Å²) in [7, 11) is 3.19. The van der Waals surface area contributed by atoms with E-state index in [2.05, 4.69) is 0 Å². The number of aliphatic hydroxyl groups excluding tert-OH is 1. The summed E-state index contributed by atoms with van der Waals surface area (Å²) in [5.74, 6) is 0.166. The Morgan fingerprint density at radius 3 is 2.89 bits per heavy atom. The molecule has 0 radical (unpaired) electrons. The number of likely N-dealkylation sites (N-methyl/N-ethyl adjacent to an activating group) is 1. The maximum atomic E-state index is 13.4. The lowest BCUT2D eigenvalue weighted by Crippen LogP contribution is -2.33. The van der Waals surface area contributed by atoms with E-state index in [1.807, 2.05) is 0 Å². The third-order valence-electron chi connectivity index (χ3n) is 3.29. The lowest BCUT2D eigenvalue weighted by molar-refractivity contribution is 0.171. The van der Waals surface area contributed by atoms with Crippen LogP contribution in [0.25, 0.3) is 0 Å². The first-order valence-corrected chi connectivity index (χ1v) is 6.04. The number of halogens is 1. The van der Waals surface area contributed by atoms with Gasteiger partial charge >= 0.3 is 6.03 Å². The number of nitrogens with zero attached hydrogens (tertiary/aromatic N) is 2. The van der Waals surface area contributed by atoms with E-state index in [1.165, 1.54) is 24.1 Å². The minimum atomic E-state index is -0.373. The van der Waals surface area contributed by atoms with Gasteiger partial charge in [0.25, 0.3) is 0 Å². The molecule has 1 aliphatic rings. The zero-order valence-electron chi connectivity index (χ0n) is 11.0. The normalized spacial score (nSPS) is 19.2. The number of β-amino-alcohol motifs (C(OH)–C–C–N with tert-alkyl or cyclic N) is 1. The Labute approximate surface area is 111 Å². The van der Waals surface area contributed by atoms with E-state index in [9.17, 15) is 9.18 Å². The molecule has 5 nitrogen and oxygen atoms in total. The van der Waals surface area contributed by atoms with Crippen LogP contribution < -0.4 is 4.74 Å². The highest BCUT2D eigenvalue weighted by atomic mass is 19.1. The van der Waals surface area contributed by atoms with Crippen LogP contribution >= 0.6 is 0 Å². The molecular weight excluding hydrogens is 251 g/mol. The Bertz CT molecular complexity index is 481. The van der Waals surface area contributed by atoms with Crippen molar-refractivity contribution >= 4 is 6.03 Å². The number of rotatable bonds is 4. The smallest absolute Gasteiger partial charge is 0.320 e. The largest absolute Gasteiger partial charge is 0.496 e. The fraction of sp³-hybridized carbons (Fsp3) is 0.462. The van der Waals surface area contributed by atoms with Gasteiger partial charge in [0.2, 0.25) is 0 Å². The molecule has 6 heteroatoms. The molecule has 1 aliphatic heterocycles. The number of carbonyl (C=O) groups is 1. The summed E-state index contributed by atoms with van der Waals surface area (Å²) in [6, 6.07) is 3.75. The number of benzene rings is 1. The van der Waals surface area contributed by atoms with Crippen molar-refractivity contribution in [3.05, 3.63) is 29.6 Å². The standard InChI is InChI=1S/C13H17FN2O3/c1-15-8-11(16(5-6-17)13(15)18)10-7-9(14)3-4-12(10)19-2/h3-4,7,11,17H,5-6,8H2,1-2H3. The molecular formula is C13H17FN2O3. The van der Waals surface area contributed by atoms with Crippen LogP contribution in [0.4, 0.5) is 9.18 Å². The summed E-state index contributed by atoms with van der Waals surface area (Å²) in [6.07, 6.45) is 0. The number of hydrogen-bond donors (Lipinski definition) is 1. The molecule has 1 heterocycles. The van der Waals surface area contributed by atoms with E-state index < -0.39 is 0 Å². The summed E-state index contributed by atoms with van der Waals surface area (Å²) in [4.78, 5) is 15.0. The molecule has 2 rings (SSSR count). The second kappa shape index (κ2) is 5.44. The molecule has 1 fully saturated rings. The first kappa shape index (κ1) is 13.6. The topological polar surface area (TPSA) is 53.0 Å². The summed E-state index contributed by atoms with van der Waals surface area (Å²) in [5.41, 5.74) is 0.619. The van der Waals surface area contributed by atoms with E-state index in [-0.39, 0.29) is 31.0 Å². The van der Waals surface area contributed by atoms with Crippen LogP contribution in [0.1, 0.15) is 11.6 Å². The van der Waals surface area contributed by atoms with Gasteiger partial charge in [0.05, 0.1) is 19.8 Å². The molecule has 0 aliphatic carbocycles. The lowest BCUT2D eigenvalue weighted by Gasteiger charge is -2.23. The van der Waals surface area contributed by atoms with Crippen LogP contribution in [0, 0.1) is 5.82 Å². The zero-order chi connectivity index (χ0) is 14.0. The third kappa shape index (κ3) is 2.49. The van der Waals surface area contributed by atoms with Gasteiger partial charge in [0.15, 0.2) is 0 Å². The van der Waals surface area contributed by atoms with Crippen molar-refractivity contribution in [1.29, 1.82) is 0 Å². The average molecular weight is 268 g/mol. The van der Waals surface area contributed by atoms with Crippen molar-refractivity contribution in [2.75, 3.05) is 33.9 Å². The summed E-state index contributed by atoms with van der Waals surface area (Å²) in [5, 5.41) is 9.06. The summed E-state index contributed by atoms with van der Waals surface area (Å²) >= 11 is 0. The van der Waals surface area contributed by atoms with Crippen molar-refractivity contribution < 1.29 is 19.0 Å². The third-order valence-corrected chi connectivity index (χ3v) is 3.29. The molecule has 1 aromatic rings. The van der Waals surface area contributed by atoms with Crippen molar-refractivity contribution in [1.82, 2.24) is 9.80 Å². The van der Waals surface area contributed by atoms with Crippen LogP contribution in [-0.4, -0.2) is 54.8 Å². The van der Waals surface area contributed by atoms with Gasteiger partial charge in [-0.1, -0.05) is 0 Å². The first-order valence-electron chi connectivity index (χ1n) is 6.04. The molecule has 0 spiro atoms. The number of amides is 2. The van der Waals surface area contributed by atoms with Crippen molar-refractivity contribution in [3.8, 4) is 5.75 Å². The minimum Gasteiger partial charge on any atom is -0.496 e. The van der Waals surface area contributed by atoms with Crippen LogP contribution in [0.5, 0.6) is 5.75 Å².